The largest absolute Gasteiger partial charge is 0.392 e. The van der Waals surface area contributed by atoms with Crippen molar-refractivity contribution in [3.05, 3.63) is 23.3 Å². The van der Waals surface area contributed by atoms with Crippen molar-refractivity contribution in [3.8, 4) is 0 Å². The van der Waals surface area contributed by atoms with E-state index in [-0.39, 0.29) is 22.7 Å². The molecule has 4 aliphatic rings. The Balaban J connectivity index is 1.95. The maximum absolute atomic E-state index is 13.5. The highest BCUT2D eigenvalue weighted by atomic mass is 16.4. The highest BCUT2D eigenvalue weighted by Crippen LogP contribution is 2.70. The Bertz CT molecular complexity index is 677. The van der Waals surface area contributed by atoms with Crippen molar-refractivity contribution in [2.45, 2.75) is 51.4 Å². The fourth-order valence-corrected chi connectivity index (χ4v) is 6.05. The van der Waals surface area contributed by atoms with Crippen molar-refractivity contribution in [2.24, 2.45) is 28.6 Å². The van der Waals surface area contributed by atoms with Crippen molar-refractivity contribution in [2.75, 3.05) is 6.61 Å². The van der Waals surface area contributed by atoms with Crippen LogP contribution in [0, 0.1) is 28.6 Å². The average Bonchev–Trinajstić information content (AvgIpc) is 3.07. The molecule has 132 valence electrons. The summed E-state index contributed by atoms with van der Waals surface area (Å²) in [5, 5.41) is 42.6. The van der Waals surface area contributed by atoms with Gasteiger partial charge in [-0.15, -0.1) is 0 Å². The molecule has 0 aliphatic heterocycles. The number of aliphatic hydroxyl groups is 4. The first kappa shape index (κ1) is 16.5. The Kier molecular flexibility index (Phi) is 3.14. The molecule has 0 heterocycles. The highest BCUT2D eigenvalue weighted by molar-refractivity contribution is 5.95. The monoisotopic (exact) mass is 334 g/mol. The molecule has 0 amide bonds. The lowest BCUT2D eigenvalue weighted by Gasteiger charge is -2.45. The zero-order chi connectivity index (χ0) is 17.7. The summed E-state index contributed by atoms with van der Waals surface area (Å²) in [6, 6.07) is 0. The van der Waals surface area contributed by atoms with E-state index < -0.39 is 35.7 Å². The average molecular weight is 334 g/mol. The van der Waals surface area contributed by atoms with Gasteiger partial charge in [0.15, 0.2) is 5.78 Å². The van der Waals surface area contributed by atoms with Crippen molar-refractivity contribution in [1.29, 1.82) is 0 Å². The van der Waals surface area contributed by atoms with Crippen molar-refractivity contribution >= 4 is 5.78 Å². The summed E-state index contributed by atoms with van der Waals surface area (Å²) in [7, 11) is 0. The highest BCUT2D eigenvalue weighted by Gasteiger charge is 2.73. The maximum atomic E-state index is 13.5. The van der Waals surface area contributed by atoms with Gasteiger partial charge in [0.25, 0.3) is 0 Å². The van der Waals surface area contributed by atoms with Gasteiger partial charge in [0.1, 0.15) is 17.8 Å². The van der Waals surface area contributed by atoms with E-state index >= 15 is 0 Å². The minimum absolute atomic E-state index is 0.0440. The number of allylic oxidation sites excluding steroid dienone is 1. The second kappa shape index (κ2) is 4.58. The lowest BCUT2D eigenvalue weighted by atomic mass is 9.63. The number of fused-ring (bicyclic) bond motifs is 3. The van der Waals surface area contributed by atoms with Crippen LogP contribution in [-0.4, -0.2) is 50.6 Å². The number of Topliss-reactive ketones (excluding diaryl/α,β-unsaturated/α-hetero) is 1. The van der Waals surface area contributed by atoms with Crippen LogP contribution in [0.15, 0.2) is 23.3 Å². The summed E-state index contributed by atoms with van der Waals surface area (Å²) < 4.78 is 0. The molecule has 7 unspecified atom stereocenters. The number of carbonyl (C=O) groups is 1. The molecule has 2 bridgehead atoms. The van der Waals surface area contributed by atoms with Crippen LogP contribution in [0.4, 0.5) is 0 Å². The van der Waals surface area contributed by atoms with Gasteiger partial charge in [-0.2, -0.15) is 0 Å². The molecule has 2 saturated carbocycles. The molecule has 0 radical (unpaired) electrons. The van der Waals surface area contributed by atoms with Crippen LogP contribution in [0.1, 0.15) is 33.6 Å². The van der Waals surface area contributed by atoms with E-state index in [9.17, 15) is 25.2 Å². The van der Waals surface area contributed by atoms with E-state index in [0.29, 0.717) is 17.9 Å². The van der Waals surface area contributed by atoms with Gasteiger partial charge in [-0.25, -0.2) is 0 Å². The van der Waals surface area contributed by atoms with Crippen LogP contribution in [-0.2, 0) is 4.79 Å². The third-order valence-corrected chi connectivity index (χ3v) is 7.50. The molecule has 24 heavy (non-hydrogen) atoms. The van der Waals surface area contributed by atoms with Gasteiger partial charge in [-0.1, -0.05) is 26.0 Å². The Morgan fingerprint density at radius 3 is 2.54 bits per heavy atom. The van der Waals surface area contributed by atoms with E-state index in [4.69, 9.17) is 0 Å². The Hall–Kier alpha value is -1.01. The number of hydrogen-bond acceptors (Lipinski definition) is 5. The van der Waals surface area contributed by atoms with Crippen LogP contribution >= 0.6 is 0 Å². The number of hydrogen-bond donors (Lipinski definition) is 4. The number of ketones is 1. The van der Waals surface area contributed by atoms with E-state index in [1.54, 1.807) is 19.1 Å². The molecule has 1 spiro atoms. The number of carbonyl (C=O) groups excluding carboxylic acids is 1. The summed E-state index contributed by atoms with van der Waals surface area (Å²) in [5.41, 5.74) is -2.49. The van der Waals surface area contributed by atoms with Gasteiger partial charge in [0, 0.05) is 5.92 Å². The quantitative estimate of drug-likeness (QED) is 0.526. The van der Waals surface area contributed by atoms with Gasteiger partial charge in [-0.3, -0.25) is 4.79 Å². The van der Waals surface area contributed by atoms with Gasteiger partial charge in [-0.05, 0) is 48.2 Å². The molecule has 0 saturated heterocycles. The normalized spacial score (nSPS) is 51.8. The molecule has 4 rings (SSSR count). The second-order valence-electron chi connectivity index (χ2n) is 8.77. The molecular weight excluding hydrogens is 308 g/mol. The van der Waals surface area contributed by atoms with Gasteiger partial charge in [0.2, 0.25) is 0 Å². The number of aliphatic hydroxyl groups excluding tert-OH is 3. The minimum atomic E-state index is -2.00. The second-order valence-corrected chi connectivity index (χ2v) is 8.77. The smallest absolute Gasteiger partial charge is 0.153 e. The van der Waals surface area contributed by atoms with Crippen molar-refractivity contribution in [3.63, 3.8) is 0 Å². The van der Waals surface area contributed by atoms with Crippen molar-refractivity contribution in [1.82, 2.24) is 0 Å². The molecule has 5 heteroatoms. The molecule has 0 aromatic carbocycles. The Morgan fingerprint density at radius 1 is 1.25 bits per heavy atom. The van der Waals surface area contributed by atoms with Crippen LogP contribution < -0.4 is 0 Å². The molecule has 7 atom stereocenters. The van der Waals surface area contributed by atoms with Crippen LogP contribution in [0.25, 0.3) is 0 Å². The summed E-state index contributed by atoms with van der Waals surface area (Å²) in [6.45, 7) is 5.54. The zero-order valence-electron chi connectivity index (χ0n) is 14.4. The minimum Gasteiger partial charge on any atom is -0.392 e. The van der Waals surface area contributed by atoms with Gasteiger partial charge < -0.3 is 20.4 Å². The van der Waals surface area contributed by atoms with E-state index in [1.165, 1.54) is 0 Å². The maximum Gasteiger partial charge on any atom is 0.153 e. The summed E-state index contributed by atoms with van der Waals surface area (Å²) >= 11 is 0. The zero-order valence-corrected chi connectivity index (χ0v) is 14.4. The first-order valence-corrected chi connectivity index (χ1v) is 8.76. The first-order chi connectivity index (χ1) is 11.1. The lowest BCUT2D eigenvalue weighted by molar-refractivity contribution is -0.181. The predicted molar refractivity (Wildman–Crippen MR) is 86.8 cm³/mol. The summed E-state index contributed by atoms with van der Waals surface area (Å²) in [5.74, 6) is -0.0194. The molecule has 2 fully saturated rings. The van der Waals surface area contributed by atoms with Crippen LogP contribution in [0.2, 0.25) is 0 Å². The van der Waals surface area contributed by atoms with E-state index in [0.717, 1.165) is 6.42 Å². The van der Waals surface area contributed by atoms with E-state index in [2.05, 4.69) is 13.8 Å². The molecule has 4 aliphatic carbocycles. The standard InChI is InChI=1S/C19H26O5/c1-9-7-18-5-4-12-13(17(12,2)3)11(16(18)23)6-10(8-20)15(22)19(18,24)14(9)21/h6-7,11-15,20-22,24H,4-5,8H2,1-3H3. The predicted octanol–water partition coefficient (Wildman–Crippen LogP) is 0.569. The Labute approximate surface area is 141 Å². The fourth-order valence-electron chi connectivity index (χ4n) is 6.05. The Morgan fingerprint density at radius 2 is 1.92 bits per heavy atom. The fraction of sp³-hybridized carbons (Fsp3) is 0.737. The van der Waals surface area contributed by atoms with Gasteiger partial charge in [0.05, 0.1) is 12.0 Å². The SMILES string of the molecule is CC1=CC23CCC4C(C(C=C(CO)C(O)C2(O)C1O)C3=O)C4(C)C. The van der Waals surface area contributed by atoms with Crippen molar-refractivity contribution < 1.29 is 25.2 Å². The molecular formula is C19H26O5. The lowest BCUT2D eigenvalue weighted by Crippen LogP contribution is -2.63. The van der Waals surface area contributed by atoms with Crippen LogP contribution in [0.3, 0.4) is 0 Å². The summed E-state index contributed by atoms with van der Waals surface area (Å²) in [6.07, 6.45) is 1.78. The van der Waals surface area contributed by atoms with E-state index in [1.807, 2.05) is 0 Å². The molecule has 4 N–H and O–H groups in total. The molecule has 0 aromatic rings. The van der Waals surface area contributed by atoms with Gasteiger partial charge >= 0.3 is 0 Å². The third-order valence-electron chi connectivity index (χ3n) is 7.50. The summed E-state index contributed by atoms with van der Waals surface area (Å²) in [4.78, 5) is 13.5. The first-order valence-electron chi connectivity index (χ1n) is 8.76. The van der Waals surface area contributed by atoms with Crippen LogP contribution in [0.5, 0.6) is 0 Å². The molecule has 5 nitrogen and oxygen atoms in total. The third kappa shape index (κ3) is 1.57. The topological polar surface area (TPSA) is 98.0 Å². The number of rotatable bonds is 1. The molecule has 0 aromatic heterocycles.